The molecule has 2 unspecified atom stereocenters. The van der Waals surface area contributed by atoms with Crippen molar-refractivity contribution in [2.75, 3.05) is 13.2 Å². The van der Waals surface area contributed by atoms with Gasteiger partial charge in [0.15, 0.2) is 18.4 Å². The first-order valence-corrected chi connectivity index (χ1v) is 7.08. The predicted molar refractivity (Wildman–Crippen MR) is 69.0 cm³/mol. The number of fused-ring (bicyclic) bond motifs is 1. The molecule has 0 amide bonds. The number of ether oxygens (including phenoxy) is 4. The zero-order chi connectivity index (χ0) is 15.6. The predicted octanol–water partition coefficient (Wildman–Crippen LogP) is -1.31. The lowest BCUT2D eigenvalue weighted by molar-refractivity contribution is -0.193. The van der Waals surface area contributed by atoms with Crippen molar-refractivity contribution < 1.29 is 39.4 Å². The number of aliphatic hydroxyl groups excluding tert-OH is 4. The highest BCUT2D eigenvalue weighted by molar-refractivity contribution is 4.84. The van der Waals surface area contributed by atoms with Gasteiger partial charge in [-0.2, -0.15) is 0 Å². The second-order valence-electron chi connectivity index (χ2n) is 5.89. The molecule has 6 atom stereocenters. The lowest BCUT2D eigenvalue weighted by Gasteiger charge is -2.26. The Balaban J connectivity index is 0.000000161. The van der Waals surface area contributed by atoms with E-state index >= 15 is 0 Å². The minimum absolute atomic E-state index is 0.0104. The van der Waals surface area contributed by atoms with Crippen LogP contribution >= 0.6 is 0 Å². The summed E-state index contributed by atoms with van der Waals surface area (Å²) < 4.78 is 20.7. The summed E-state index contributed by atoms with van der Waals surface area (Å²) in [6, 6.07) is 0. The molecule has 0 aromatic carbocycles. The van der Waals surface area contributed by atoms with E-state index in [1.165, 1.54) is 0 Å². The van der Waals surface area contributed by atoms with Gasteiger partial charge in [-0.3, -0.25) is 0 Å². The molecule has 21 heavy (non-hydrogen) atoms. The second-order valence-corrected chi connectivity index (χ2v) is 5.89. The maximum Gasteiger partial charge on any atom is 0.163 e. The lowest BCUT2D eigenvalue weighted by Crippen LogP contribution is -2.40. The molecule has 8 nitrogen and oxygen atoms in total. The third kappa shape index (κ3) is 4.83. The van der Waals surface area contributed by atoms with E-state index in [1.807, 2.05) is 13.8 Å². The Kier molecular flexibility index (Phi) is 5.55. The van der Waals surface area contributed by atoms with Crippen LogP contribution in [0.1, 0.15) is 26.7 Å². The van der Waals surface area contributed by atoms with Crippen LogP contribution in [-0.4, -0.2) is 76.4 Å². The summed E-state index contributed by atoms with van der Waals surface area (Å²) in [5, 5.41) is 35.5. The molecule has 0 spiro atoms. The van der Waals surface area contributed by atoms with Crippen molar-refractivity contribution in [3.8, 4) is 0 Å². The molecule has 3 fully saturated rings. The van der Waals surface area contributed by atoms with Crippen molar-refractivity contribution in [3.63, 3.8) is 0 Å². The van der Waals surface area contributed by atoms with Crippen LogP contribution < -0.4 is 0 Å². The van der Waals surface area contributed by atoms with Gasteiger partial charge < -0.3 is 39.4 Å². The largest absolute Gasteiger partial charge is 0.390 e. The summed E-state index contributed by atoms with van der Waals surface area (Å²) in [5.41, 5.74) is 0. The Morgan fingerprint density at radius 2 is 1.33 bits per heavy atom. The number of aliphatic hydroxyl groups is 4. The SMILES string of the molecule is CC1(C)O[C@H]2CC(O)OC[C@H]2O1.OC1C[C@H](O)[C@H](O)CO1. The van der Waals surface area contributed by atoms with Gasteiger partial charge in [0.2, 0.25) is 0 Å². The molecule has 124 valence electrons. The minimum atomic E-state index is -0.914. The average Bonchev–Trinajstić information content (AvgIpc) is 2.68. The summed E-state index contributed by atoms with van der Waals surface area (Å²) in [7, 11) is 0. The Labute approximate surface area is 123 Å². The van der Waals surface area contributed by atoms with Gasteiger partial charge in [-0.05, 0) is 13.8 Å². The van der Waals surface area contributed by atoms with Crippen molar-refractivity contribution in [1.29, 1.82) is 0 Å². The maximum atomic E-state index is 9.17. The quantitative estimate of drug-likeness (QED) is 0.436. The molecule has 3 rings (SSSR count). The first kappa shape index (κ1) is 17.0. The van der Waals surface area contributed by atoms with Gasteiger partial charge >= 0.3 is 0 Å². The molecule has 3 saturated heterocycles. The summed E-state index contributed by atoms with van der Waals surface area (Å²) in [6.07, 6.45) is -2.70. The molecule has 0 bridgehead atoms. The highest BCUT2D eigenvalue weighted by Crippen LogP contribution is 2.33. The molecule has 4 N–H and O–H groups in total. The van der Waals surface area contributed by atoms with Gasteiger partial charge in [-0.15, -0.1) is 0 Å². The van der Waals surface area contributed by atoms with Crippen LogP contribution in [0.2, 0.25) is 0 Å². The molecule has 0 saturated carbocycles. The smallest absolute Gasteiger partial charge is 0.163 e. The molecule has 0 radical (unpaired) electrons. The topological polar surface area (TPSA) is 118 Å². The van der Waals surface area contributed by atoms with Crippen LogP contribution in [0.4, 0.5) is 0 Å². The Hall–Kier alpha value is -0.320. The molecular formula is C13H24O8. The zero-order valence-electron chi connectivity index (χ0n) is 12.2. The van der Waals surface area contributed by atoms with Crippen molar-refractivity contribution in [2.45, 2.75) is 69.5 Å². The van der Waals surface area contributed by atoms with Gasteiger partial charge in [0.05, 0.1) is 25.4 Å². The standard InChI is InChI=1S/C8H14O4.C5H10O4/c1-8(2)11-5-3-7(9)10-4-6(5)12-8;6-3-1-5(8)9-2-4(3)7/h5-7,9H,3-4H2,1-2H3;3-8H,1-2H2/t5-,6+,7?;3-,4+,5?/m00/s1. The number of hydrogen-bond acceptors (Lipinski definition) is 8. The molecule has 0 aromatic rings. The minimum Gasteiger partial charge on any atom is -0.390 e. The summed E-state index contributed by atoms with van der Waals surface area (Å²) >= 11 is 0. The van der Waals surface area contributed by atoms with Crippen LogP contribution in [0.5, 0.6) is 0 Å². The van der Waals surface area contributed by atoms with Crippen molar-refractivity contribution in [2.24, 2.45) is 0 Å². The van der Waals surface area contributed by atoms with E-state index in [9.17, 15) is 0 Å². The van der Waals surface area contributed by atoms with Crippen LogP contribution in [0, 0.1) is 0 Å². The second kappa shape index (κ2) is 6.84. The molecule has 3 aliphatic heterocycles. The fourth-order valence-electron chi connectivity index (χ4n) is 2.48. The Morgan fingerprint density at radius 1 is 0.762 bits per heavy atom. The van der Waals surface area contributed by atoms with Crippen molar-refractivity contribution >= 4 is 0 Å². The van der Waals surface area contributed by atoms with Crippen LogP contribution in [0.25, 0.3) is 0 Å². The van der Waals surface area contributed by atoms with E-state index in [0.717, 1.165) is 0 Å². The molecule has 0 aliphatic carbocycles. The van der Waals surface area contributed by atoms with E-state index in [-0.39, 0.29) is 25.2 Å². The summed E-state index contributed by atoms with van der Waals surface area (Å²) in [5.74, 6) is -0.525. The Bertz CT molecular complexity index is 336. The van der Waals surface area contributed by atoms with E-state index in [4.69, 9.17) is 34.6 Å². The average molecular weight is 308 g/mol. The van der Waals surface area contributed by atoms with Crippen LogP contribution in [0.3, 0.4) is 0 Å². The first-order valence-electron chi connectivity index (χ1n) is 7.08. The third-order valence-corrected chi connectivity index (χ3v) is 3.52. The highest BCUT2D eigenvalue weighted by atomic mass is 16.8. The molecule has 3 aliphatic rings. The number of rotatable bonds is 0. The van der Waals surface area contributed by atoms with Crippen LogP contribution in [0.15, 0.2) is 0 Å². The van der Waals surface area contributed by atoms with Gasteiger partial charge in [-0.1, -0.05) is 0 Å². The Morgan fingerprint density at radius 3 is 1.95 bits per heavy atom. The van der Waals surface area contributed by atoms with Gasteiger partial charge in [-0.25, -0.2) is 0 Å². The fraction of sp³-hybridized carbons (Fsp3) is 1.00. The van der Waals surface area contributed by atoms with Gasteiger partial charge in [0, 0.05) is 12.8 Å². The van der Waals surface area contributed by atoms with E-state index in [0.29, 0.717) is 13.0 Å². The van der Waals surface area contributed by atoms with E-state index < -0.39 is 30.6 Å². The molecule has 0 aromatic heterocycles. The van der Waals surface area contributed by atoms with Gasteiger partial charge in [0.25, 0.3) is 0 Å². The molecule has 8 heteroatoms. The summed E-state index contributed by atoms with van der Waals surface area (Å²) in [4.78, 5) is 0. The van der Waals surface area contributed by atoms with Crippen molar-refractivity contribution in [3.05, 3.63) is 0 Å². The van der Waals surface area contributed by atoms with Crippen molar-refractivity contribution in [1.82, 2.24) is 0 Å². The maximum absolute atomic E-state index is 9.17. The number of hydrogen-bond donors (Lipinski definition) is 4. The summed E-state index contributed by atoms with van der Waals surface area (Å²) in [6.45, 7) is 4.19. The third-order valence-electron chi connectivity index (χ3n) is 3.52. The molecular weight excluding hydrogens is 284 g/mol. The van der Waals surface area contributed by atoms with Crippen LogP contribution in [-0.2, 0) is 18.9 Å². The van der Waals surface area contributed by atoms with Gasteiger partial charge in [0.1, 0.15) is 12.2 Å². The zero-order valence-corrected chi connectivity index (χ0v) is 12.2. The lowest BCUT2D eigenvalue weighted by atomic mass is 10.1. The first-order chi connectivity index (χ1) is 9.77. The highest BCUT2D eigenvalue weighted by Gasteiger charge is 2.44. The van der Waals surface area contributed by atoms with E-state index in [2.05, 4.69) is 4.74 Å². The monoisotopic (exact) mass is 308 g/mol. The normalized spacial score (nSPS) is 45.4. The van der Waals surface area contributed by atoms with E-state index in [1.54, 1.807) is 0 Å². The molecule has 3 heterocycles. The fourth-order valence-corrected chi connectivity index (χ4v) is 2.48.